The molecular weight excluding hydrogens is 341 g/mol. The minimum atomic E-state index is -0.105. The fourth-order valence-electron chi connectivity index (χ4n) is 4.32. The summed E-state index contributed by atoms with van der Waals surface area (Å²) in [6.07, 6.45) is 8.49. The van der Waals surface area contributed by atoms with Crippen molar-refractivity contribution in [1.29, 1.82) is 0 Å². The van der Waals surface area contributed by atoms with Crippen molar-refractivity contribution in [2.75, 3.05) is 39.3 Å². The molecule has 0 bridgehead atoms. The molecule has 0 aromatic heterocycles. The van der Waals surface area contributed by atoms with Crippen molar-refractivity contribution >= 4 is 5.91 Å². The molecule has 2 fully saturated rings. The molecule has 1 amide bonds. The maximum absolute atomic E-state index is 14.0. The molecule has 0 spiro atoms. The molecular formula is C22H34FN3O. The molecule has 0 aromatic rings. The number of halogens is 1. The molecule has 5 heteroatoms. The molecule has 1 heterocycles. The number of hydrogen-bond donors (Lipinski definition) is 0. The number of carbonyl (C=O) groups excluding carboxylic acids is 1. The van der Waals surface area contributed by atoms with Crippen molar-refractivity contribution in [2.45, 2.75) is 46.0 Å². The Hall–Kier alpha value is -1.78. The summed E-state index contributed by atoms with van der Waals surface area (Å²) in [6.45, 7) is 13.5. The van der Waals surface area contributed by atoms with Gasteiger partial charge in [-0.15, -0.1) is 0 Å². The Morgan fingerprint density at radius 3 is 2.33 bits per heavy atom. The molecule has 1 aliphatic heterocycles. The molecule has 3 aliphatic rings. The van der Waals surface area contributed by atoms with Crippen LogP contribution in [0.15, 0.2) is 36.0 Å². The van der Waals surface area contributed by atoms with Gasteiger partial charge < -0.3 is 14.7 Å². The van der Waals surface area contributed by atoms with E-state index in [0.29, 0.717) is 19.0 Å². The predicted octanol–water partition coefficient (Wildman–Crippen LogP) is 3.93. The maximum atomic E-state index is 14.0. The lowest BCUT2D eigenvalue weighted by atomic mass is 10.1. The first kappa shape index (κ1) is 20.0. The quantitative estimate of drug-likeness (QED) is 0.643. The van der Waals surface area contributed by atoms with E-state index in [0.717, 1.165) is 69.7 Å². The van der Waals surface area contributed by atoms with Crippen LogP contribution < -0.4 is 0 Å². The van der Waals surface area contributed by atoms with Gasteiger partial charge in [0.15, 0.2) is 0 Å². The highest BCUT2D eigenvalue weighted by Crippen LogP contribution is 2.46. The lowest BCUT2D eigenvalue weighted by Crippen LogP contribution is -2.49. The van der Waals surface area contributed by atoms with Crippen molar-refractivity contribution in [1.82, 2.24) is 14.7 Å². The van der Waals surface area contributed by atoms with E-state index in [1.807, 2.05) is 11.0 Å². The van der Waals surface area contributed by atoms with Gasteiger partial charge in [-0.05, 0) is 38.2 Å². The molecule has 1 saturated carbocycles. The smallest absolute Gasteiger partial charge is 0.226 e. The molecule has 150 valence electrons. The van der Waals surface area contributed by atoms with Gasteiger partial charge in [0.25, 0.3) is 0 Å². The Bertz CT molecular complexity index is 613. The van der Waals surface area contributed by atoms with Gasteiger partial charge in [0, 0.05) is 56.8 Å². The molecule has 4 nitrogen and oxygen atoms in total. The van der Waals surface area contributed by atoms with Crippen LogP contribution in [0.5, 0.6) is 0 Å². The summed E-state index contributed by atoms with van der Waals surface area (Å²) in [5.74, 6) is 0.578. The van der Waals surface area contributed by atoms with Crippen LogP contribution >= 0.6 is 0 Å². The van der Waals surface area contributed by atoms with Crippen LogP contribution in [0, 0.1) is 11.8 Å². The van der Waals surface area contributed by atoms with Gasteiger partial charge in [-0.1, -0.05) is 26.5 Å². The van der Waals surface area contributed by atoms with Gasteiger partial charge >= 0.3 is 0 Å². The summed E-state index contributed by atoms with van der Waals surface area (Å²) in [6, 6.07) is 0. The lowest BCUT2D eigenvalue weighted by Gasteiger charge is -2.37. The Labute approximate surface area is 163 Å². The molecule has 0 aromatic carbocycles. The van der Waals surface area contributed by atoms with Crippen LogP contribution in [0.25, 0.3) is 0 Å². The Kier molecular flexibility index (Phi) is 6.61. The minimum absolute atomic E-state index is 0.103. The third-order valence-corrected chi connectivity index (χ3v) is 5.93. The molecule has 0 radical (unpaired) electrons. The maximum Gasteiger partial charge on any atom is 0.226 e. The highest BCUT2D eigenvalue weighted by atomic mass is 19.1. The standard InChI is InChI=1S/C22H34FN3O/c1-4-10-24(11-5-2)17(3)18-16-19(18)22(27)26-14-12-25(13-15-26)21-9-7-6-8-20(21)23/h8-9,18-19H,3-7,10-16H2,1-2H3. The molecule has 3 rings (SSSR count). The number of carbonyl (C=O) groups is 1. The van der Waals surface area contributed by atoms with Gasteiger partial charge in [0.1, 0.15) is 5.83 Å². The third-order valence-electron chi connectivity index (χ3n) is 5.93. The van der Waals surface area contributed by atoms with Crippen molar-refractivity contribution < 1.29 is 9.18 Å². The third kappa shape index (κ3) is 4.56. The Morgan fingerprint density at radius 1 is 1.11 bits per heavy atom. The van der Waals surface area contributed by atoms with Gasteiger partial charge in [-0.2, -0.15) is 0 Å². The average Bonchev–Trinajstić information content (AvgIpc) is 3.48. The summed E-state index contributed by atoms with van der Waals surface area (Å²) in [4.78, 5) is 19.3. The second-order valence-corrected chi connectivity index (χ2v) is 7.96. The molecule has 2 atom stereocenters. The SMILES string of the molecule is C=C(C1CC1C(=O)N1CCN(C2=CCCC=C2F)CC1)N(CCC)CCC. The van der Waals surface area contributed by atoms with Gasteiger partial charge in [0.2, 0.25) is 5.91 Å². The lowest BCUT2D eigenvalue weighted by molar-refractivity contribution is -0.134. The van der Waals surface area contributed by atoms with E-state index in [1.54, 1.807) is 6.08 Å². The van der Waals surface area contributed by atoms with Crippen LogP contribution in [-0.4, -0.2) is 59.9 Å². The van der Waals surface area contributed by atoms with E-state index in [-0.39, 0.29) is 17.7 Å². The minimum Gasteiger partial charge on any atom is -0.375 e. The fraction of sp³-hybridized carbons (Fsp3) is 0.682. The average molecular weight is 376 g/mol. The first-order valence-electron chi connectivity index (χ1n) is 10.6. The molecule has 1 saturated heterocycles. The van der Waals surface area contributed by atoms with Crippen LogP contribution in [0.1, 0.15) is 46.0 Å². The van der Waals surface area contributed by atoms with Crippen molar-refractivity contribution in [3.63, 3.8) is 0 Å². The molecule has 2 unspecified atom stereocenters. The predicted molar refractivity (Wildman–Crippen MR) is 108 cm³/mol. The zero-order valence-corrected chi connectivity index (χ0v) is 16.9. The summed E-state index contributed by atoms with van der Waals surface area (Å²) in [5, 5.41) is 0. The zero-order chi connectivity index (χ0) is 19.4. The van der Waals surface area contributed by atoms with E-state index in [2.05, 4.69) is 30.2 Å². The second-order valence-electron chi connectivity index (χ2n) is 7.96. The fourth-order valence-corrected chi connectivity index (χ4v) is 4.32. The highest BCUT2D eigenvalue weighted by molar-refractivity contribution is 5.82. The van der Waals surface area contributed by atoms with Crippen LogP contribution in [-0.2, 0) is 4.79 Å². The van der Waals surface area contributed by atoms with Crippen molar-refractivity contribution in [2.24, 2.45) is 11.8 Å². The summed E-state index contributed by atoms with van der Waals surface area (Å²) < 4.78 is 14.0. The van der Waals surface area contributed by atoms with Crippen LogP contribution in [0.3, 0.4) is 0 Å². The Morgan fingerprint density at radius 2 is 1.74 bits per heavy atom. The number of hydrogen-bond acceptors (Lipinski definition) is 3. The first-order valence-corrected chi connectivity index (χ1v) is 10.6. The highest BCUT2D eigenvalue weighted by Gasteiger charge is 2.47. The zero-order valence-electron chi connectivity index (χ0n) is 16.9. The van der Waals surface area contributed by atoms with Crippen LogP contribution in [0.4, 0.5) is 4.39 Å². The van der Waals surface area contributed by atoms with Gasteiger partial charge in [-0.3, -0.25) is 4.79 Å². The summed E-state index contributed by atoms with van der Waals surface area (Å²) >= 11 is 0. The molecule has 0 N–H and O–H groups in total. The van der Waals surface area contributed by atoms with E-state index in [1.165, 1.54) is 0 Å². The number of piperazine rings is 1. The largest absolute Gasteiger partial charge is 0.375 e. The Balaban J connectivity index is 1.50. The normalized spacial score (nSPS) is 25.0. The van der Waals surface area contributed by atoms with E-state index in [9.17, 15) is 9.18 Å². The topological polar surface area (TPSA) is 26.8 Å². The number of allylic oxidation sites excluding steroid dienone is 4. The van der Waals surface area contributed by atoms with Crippen molar-refractivity contribution in [3.8, 4) is 0 Å². The number of nitrogens with zero attached hydrogens (tertiary/aromatic N) is 3. The van der Waals surface area contributed by atoms with E-state index in [4.69, 9.17) is 0 Å². The monoisotopic (exact) mass is 375 g/mol. The van der Waals surface area contributed by atoms with Crippen molar-refractivity contribution in [3.05, 3.63) is 36.0 Å². The number of amides is 1. The summed E-state index contributed by atoms with van der Waals surface area (Å²) in [7, 11) is 0. The second kappa shape index (κ2) is 8.94. The van der Waals surface area contributed by atoms with Crippen LogP contribution in [0.2, 0.25) is 0 Å². The van der Waals surface area contributed by atoms with E-state index >= 15 is 0 Å². The van der Waals surface area contributed by atoms with Gasteiger partial charge in [0.05, 0.1) is 5.70 Å². The summed E-state index contributed by atoms with van der Waals surface area (Å²) in [5.41, 5.74) is 1.87. The molecule has 27 heavy (non-hydrogen) atoms. The molecule has 2 aliphatic carbocycles. The van der Waals surface area contributed by atoms with E-state index < -0.39 is 0 Å². The number of rotatable bonds is 8. The first-order chi connectivity index (χ1) is 13.1. The van der Waals surface area contributed by atoms with Gasteiger partial charge in [-0.25, -0.2) is 4.39 Å².